The number of nitrogens with one attached hydrogen (secondary N) is 1. The molecular formula is C19H30ClN3O2S. The Labute approximate surface area is 166 Å². The smallest absolute Gasteiger partial charge is 0.235 e. The van der Waals surface area contributed by atoms with E-state index in [9.17, 15) is 9.59 Å². The molecule has 7 heteroatoms. The van der Waals surface area contributed by atoms with Crippen LogP contribution in [0.15, 0.2) is 24.3 Å². The second-order valence-corrected chi connectivity index (χ2v) is 8.24. The fourth-order valence-electron chi connectivity index (χ4n) is 3.00. The highest BCUT2D eigenvalue weighted by molar-refractivity contribution is 8.01. The zero-order valence-electron chi connectivity index (χ0n) is 15.7. The number of hydrogen-bond acceptors (Lipinski definition) is 4. The molecule has 2 amide bonds. The standard InChI is InChI=1S/C19H29N3O2S.ClH/c1-13-6-8-17(9-7-13)21-18(23)12-25-15(3)19(24)22-10-4-5-16(11-22)14(2)20;/h6-9,14-16H,4-5,10-12,20H2,1-3H3,(H,21,23);1H. The van der Waals surface area contributed by atoms with Crippen molar-refractivity contribution in [3.63, 3.8) is 0 Å². The molecule has 26 heavy (non-hydrogen) atoms. The summed E-state index contributed by atoms with van der Waals surface area (Å²) in [6, 6.07) is 7.79. The lowest BCUT2D eigenvalue weighted by atomic mass is 9.92. The fourth-order valence-corrected chi connectivity index (χ4v) is 3.77. The van der Waals surface area contributed by atoms with Gasteiger partial charge in [-0.25, -0.2) is 0 Å². The summed E-state index contributed by atoms with van der Waals surface area (Å²) in [6.45, 7) is 7.42. The molecule has 1 aliphatic heterocycles. The van der Waals surface area contributed by atoms with Crippen LogP contribution < -0.4 is 11.1 Å². The van der Waals surface area contributed by atoms with Gasteiger partial charge in [-0.05, 0) is 51.7 Å². The first kappa shape index (κ1) is 22.8. The maximum Gasteiger partial charge on any atom is 0.235 e. The molecule has 0 bridgehead atoms. The van der Waals surface area contributed by atoms with Crippen molar-refractivity contribution in [2.45, 2.75) is 44.9 Å². The minimum absolute atomic E-state index is 0. The molecule has 1 aliphatic rings. The van der Waals surface area contributed by atoms with Crippen molar-refractivity contribution in [2.75, 3.05) is 24.2 Å². The Morgan fingerprint density at radius 1 is 1.31 bits per heavy atom. The van der Waals surface area contributed by atoms with Crippen molar-refractivity contribution in [3.8, 4) is 0 Å². The zero-order chi connectivity index (χ0) is 18.4. The van der Waals surface area contributed by atoms with Gasteiger partial charge >= 0.3 is 0 Å². The van der Waals surface area contributed by atoms with Gasteiger partial charge in [0.15, 0.2) is 0 Å². The average molecular weight is 400 g/mol. The van der Waals surface area contributed by atoms with Crippen molar-refractivity contribution in [1.82, 2.24) is 4.90 Å². The Morgan fingerprint density at radius 2 is 1.96 bits per heavy atom. The maximum absolute atomic E-state index is 12.6. The Hall–Kier alpha value is -1.24. The monoisotopic (exact) mass is 399 g/mol. The molecule has 0 radical (unpaired) electrons. The second kappa shape index (κ2) is 10.8. The molecule has 2 rings (SSSR count). The maximum atomic E-state index is 12.6. The summed E-state index contributed by atoms with van der Waals surface area (Å²) in [6.07, 6.45) is 2.09. The molecule has 3 atom stereocenters. The van der Waals surface area contributed by atoms with E-state index in [-0.39, 0.29) is 41.3 Å². The molecule has 146 valence electrons. The van der Waals surface area contributed by atoms with Crippen LogP contribution in [0.4, 0.5) is 5.69 Å². The van der Waals surface area contributed by atoms with Crippen LogP contribution in [-0.2, 0) is 9.59 Å². The predicted octanol–water partition coefficient (Wildman–Crippen LogP) is 3.06. The number of rotatable bonds is 6. The van der Waals surface area contributed by atoms with Crippen LogP contribution in [0.5, 0.6) is 0 Å². The van der Waals surface area contributed by atoms with Crippen LogP contribution in [0, 0.1) is 12.8 Å². The number of thioether (sulfide) groups is 1. The molecule has 3 N–H and O–H groups in total. The van der Waals surface area contributed by atoms with Gasteiger partial charge in [0.25, 0.3) is 0 Å². The number of piperidine rings is 1. The third-order valence-electron chi connectivity index (χ3n) is 4.66. The van der Waals surface area contributed by atoms with Gasteiger partial charge in [0.05, 0.1) is 11.0 Å². The van der Waals surface area contributed by atoms with Crippen LogP contribution in [-0.4, -0.2) is 46.8 Å². The van der Waals surface area contributed by atoms with Gasteiger partial charge in [0.2, 0.25) is 11.8 Å². The molecular weight excluding hydrogens is 370 g/mol. The van der Waals surface area contributed by atoms with E-state index < -0.39 is 0 Å². The molecule has 0 saturated carbocycles. The van der Waals surface area contributed by atoms with E-state index in [1.165, 1.54) is 11.8 Å². The third kappa shape index (κ3) is 6.82. The highest BCUT2D eigenvalue weighted by Gasteiger charge is 2.28. The molecule has 1 aromatic rings. The Kier molecular flexibility index (Phi) is 9.47. The second-order valence-electron chi connectivity index (χ2n) is 6.91. The number of benzene rings is 1. The minimum Gasteiger partial charge on any atom is -0.341 e. The molecule has 5 nitrogen and oxygen atoms in total. The van der Waals surface area contributed by atoms with Gasteiger partial charge in [-0.2, -0.15) is 0 Å². The average Bonchev–Trinajstić information content (AvgIpc) is 2.61. The molecule has 3 unspecified atom stereocenters. The van der Waals surface area contributed by atoms with E-state index in [0.717, 1.165) is 37.2 Å². The molecule has 1 heterocycles. The van der Waals surface area contributed by atoms with Crippen molar-refractivity contribution in [1.29, 1.82) is 0 Å². The number of anilines is 1. The summed E-state index contributed by atoms with van der Waals surface area (Å²) in [5.41, 5.74) is 7.92. The summed E-state index contributed by atoms with van der Waals surface area (Å²) in [5.74, 6) is 0.671. The lowest BCUT2D eigenvalue weighted by molar-refractivity contribution is -0.132. The number of nitrogens with two attached hydrogens (primary N) is 1. The number of halogens is 1. The van der Waals surface area contributed by atoms with Crippen molar-refractivity contribution in [2.24, 2.45) is 11.7 Å². The summed E-state index contributed by atoms with van der Waals surface area (Å²) in [5, 5.41) is 2.64. The van der Waals surface area contributed by atoms with Gasteiger partial charge in [-0.1, -0.05) is 17.7 Å². The van der Waals surface area contributed by atoms with E-state index in [0.29, 0.717) is 5.92 Å². The molecule has 0 aliphatic carbocycles. The van der Waals surface area contributed by atoms with E-state index in [1.54, 1.807) is 0 Å². The van der Waals surface area contributed by atoms with Gasteiger partial charge in [-0.15, -0.1) is 24.2 Å². The number of amides is 2. The van der Waals surface area contributed by atoms with E-state index in [2.05, 4.69) is 5.32 Å². The highest BCUT2D eigenvalue weighted by atomic mass is 35.5. The highest BCUT2D eigenvalue weighted by Crippen LogP contribution is 2.22. The summed E-state index contributed by atoms with van der Waals surface area (Å²) in [4.78, 5) is 26.6. The Bertz CT molecular complexity index is 595. The van der Waals surface area contributed by atoms with Crippen LogP contribution in [0.1, 0.15) is 32.3 Å². The number of carbonyl (C=O) groups excluding carboxylic acids is 2. The van der Waals surface area contributed by atoms with E-state index >= 15 is 0 Å². The summed E-state index contributed by atoms with van der Waals surface area (Å²) in [7, 11) is 0. The van der Waals surface area contributed by atoms with Gasteiger partial charge in [-0.3, -0.25) is 9.59 Å². The third-order valence-corrected chi connectivity index (χ3v) is 5.79. The van der Waals surface area contributed by atoms with Crippen molar-refractivity contribution >= 4 is 41.7 Å². The van der Waals surface area contributed by atoms with Gasteiger partial charge in [0.1, 0.15) is 0 Å². The quantitative estimate of drug-likeness (QED) is 0.770. The van der Waals surface area contributed by atoms with Crippen molar-refractivity contribution in [3.05, 3.63) is 29.8 Å². The Balaban J connectivity index is 0.00000338. The molecule has 1 aromatic carbocycles. The molecule has 1 fully saturated rings. The lowest BCUT2D eigenvalue weighted by Crippen LogP contribution is -2.47. The number of nitrogens with zero attached hydrogens (tertiary/aromatic N) is 1. The first-order valence-corrected chi connectivity index (χ1v) is 9.94. The van der Waals surface area contributed by atoms with Crippen LogP contribution in [0.2, 0.25) is 0 Å². The van der Waals surface area contributed by atoms with Crippen LogP contribution >= 0.6 is 24.2 Å². The number of hydrogen-bond donors (Lipinski definition) is 2. The largest absolute Gasteiger partial charge is 0.341 e. The predicted molar refractivity (Wildman–Crippen MR) is 112 cm³/mol. The van der Waals surface area contributed by atoms with Gasteiger partial charge in [0, 0.05) is 24.8 Å². The fraction of sp³-hybridized carbons (Fsp3) is 0.579. The van der Waals surface area contributed by atoms with Crippen LogP contribution in [0.3, 0.4) is 0 Å². The first-order chi connectivity index (χ1) is 11.9. The minimum atomic E-state index is -0.226. The zero-order valence-corrected chi connectivity index (χ0v) is 17.4. The molecule has 1 saturated heterocycles. The van der Waals surface area contributed by atoms with Crippen LogP contribution in [0.25, 0.3) is 0 Å². The first-order valence-electron chi connectivity index (χ1n) is 8.89. The SMILES string of the molecule is Cc1ccc(NC(=O)CSC(C)C(=O)N2CCCC(C(C)N)C2)cc1.Cl. The number of carbonyl (C=O) groups is 2. The van der Waals surface area contributed by atoms with E-state index in [4.69, 9.17) is 5.73 Å². The number of likely N-dealkylation sites (tertiary alicyclic amines) is 1. The summed E-state index contributed by atoms with van der Waals surface area (Å²) < 4.78 is 0. The molecule has 0 aromatic heterocycles. The topological polar surface area (TPSA) is 75.4 Å². The van der Waals surface area contributed by atoms with E-state index in [1.807, 2.05) is 49.9 Å². The van der Waals surface area contributed by atoms with Crippen molar-refractivity contribution < 1.29 is 9.59 Å². The normalized spacial score (nSPS) is 19.2. The van der Waals surface area contributed by atoms with Gasteiger partial charge < -0.3 is 16.0 Å². The summed E-state index contributed by atoms with van der Waals surface area (Å²) >= 11 is 1.38. The number of aryl methyl sites for hydroxylation is 1. The lowest BCUT2D eigenvalue weighted by Gasteiger charge is -2.35. The Morgan fingerprint density at radius 3 is 2.58 bits per heavy atom. The molecule has 0 spiro atoms.